The summed E-state index contributed by atoms with van der Waals surface area (Å²) in [6, 6.07) is 5.04. The van der Waals surface area contributed by atoms with Crippen LogP contribution in [0.2, 0.25) is 0 Å². The number of ether oxygens (including phenoxy) is 1. The van der Waals surface area contributed by atoms with E-state index in [4.69, 9.17) is 9.26 Å². The van der Waals surface area contributed by atoms with E-state index in [0.717, 1.165) is 6.42 Å². The van der Waals surface area contributed by atoms with Crippen molar-refractivity contribution < 1.29 is 18.4 Å². The van der Waals surface area contributed by atoms with Crippen molar-refractivity contribution in [3.05, 3.63) is 29.6 Å². The number of rotatable bonds is 7. The van der Waals surface area contributed by atoms with Crippen LogP contribution in [0.1, 0.15) is 48.9 Å². The molecule has 7 nitrogen and oxygen atoms in total. The lowest BCUT2D eigenvalue weighted by atomic mass is 9.81. The fraction of sp³-hybridized carbons (Fsp3) is 0.583. The Morgan fingerprint density at radius 2 is 2.09 bits per heavy atom. The number of piperidine rings is 2. The van der Waals surface area contributed by atoms with Gasteiger partial charge in [0.1, 0.15) is 5.56 Å². The Kier molecular flexibility index (Phi) is 6.98. The predicted octanol–water partition coefficient (Wildman–Crippen LogP) is 3.94. The molecule has 2 fully saturated rings. The van der Waals surface area contributed by atoms with Gasteiger partial charge in [-0.05, 0) is 69.3 Å². The molecular formula is C24H33FN4O3. The number of anilines is 1. The molecule has 1 aromatic heterocycles. The minimum absolute atomic E-state index is 0.0889. The quantitative estimate of drug-likeness (QED) is 0.698. The second-order valence-corrected chi connectivity index (χ2v) is 9.00. The van der Waals surface area contributed by atoms with Crippen LogP contribution in [0.3, 0.4) is 0 Å². The van der Waals surface area contributed by atoms with Crippen molar-refractivity contribution in [2.24, 2.45) is 5.92 Å². The average Bonchev–Trinajstić information content (AvgIpc) is 3.25. The second-order valence-electron chi connectivity index (χ2n) is 9.00. The average molecular weight is 445 g/mol. The first-order valence-electron chi connectivity index (χ1n) is 11.5. The number of halogens is 1. The maximum absolute atomic E-state index is 13.9. The molecule has 174 valence electrons. The molecule has 32 heavy (non-hydrogen) atoms. The first-order valence-corrected chi connectivity index (χ1v) is 11.5. The smallest absolute Gasteiger partial charge is 0.259 e. The van der Waals surface area contributed by atoms with Crippen molar-refractivity contribution in [3.63, 3.8) is 0 Å². The molecule has 1 N–H and O–H groups in total. The maximum atomic E-state index is 13.9. The topological polar surface area (TPSA) is 70.8 Å². The van der Waals surface area contributed by atoms with E-state index >= 15 is 0 Å². The van der Waals surface area contributed by atoms with Crippen molar-refractivity contribution in [1.82, 2.24) is 15.4 Å². The summed E-state index contributed by atoms with van der Waals surface area (Å²) in [5.74, 6) is 0.757. The first kappa shape index (κ1) is 22.6. The minimum Gasteiger partial charge on any atom is -0.494 e. The van der Waals surface area contributed by atoms with Crippen molar-refractivity contribution in [2.75, 3.05) is 45.7 Å². The van der Waals surface area contributed by atoms with Gasteiger partial charge in [-0.1, -0.05) is 11.6 Å². The van der Waals surface area contributed by atoms with E-state index in [0.29, 0.717) is 41.2 Å². The zero-order chi connectivity index (χ0) is 22.7. The van der Waals surface area contributed by atoms with Crippen molar-refractivity contribution in [1.29, 1.82) is 0 Å². The SMILES string of the molecule is COc1cc(-c2onc(N(C)C)c2C(=O)NCC[C@@H]2CCCN3CCCC[C@H]23)ccc1F. The standard InChI is InChI=1S/C24H33FN4O3/c1-28(2)23-21(22(32-27-23)17-9-10-18(25)20(15-17)31-3)24(30)26-12-11-16-7-6-14-29-13-5-4-8-19(16)29/h9-10,15-16,19H,4-8,11-14H2,1-3H3,(H,26,30)/t16-,19+/m0/s1. The van der Waals surface area contributed by atoms with Gasteiger partial charge in [-0.25, -0.2) is 4.39 Å². The second kappa shape index (κ2) is 9.90. The molecule has 3 heterocycles. The molecule has 0 unspecified atom stereocenters. The summed E-state index contributed by atoms with van der Waals surface area (Å²) in [7, 11) is 5.02. The molecule has 2 aliphatic heterocycles. The number of nitrogens with one attached hydrogen (secondary N) is 1. The molecule has 0 spiro atoms. The molecule has 2 saturated heterocycles. The van der Waals surface area contributed by atoms with Crippen LogP contribution in [0.15, 0.2) is 22.7 Å². The molecule has 0 saturated carbocycles. The van der Waals surface area contributed by atoms with E-state index in [1.807, 2.05) is 14.1 Å². The van der Waals surface area contributed by atoms with Crippen molar-refractivity contribution in [3.8, 4) is 17.1 Å². The van der Waals surface area contributed by atoms with Crippen LogP contribution in [0.5, 0.6) is 5.75 Å². The van der Waals surface area contributed by atoms with Crippen LogP contribution < -0.4 is 15.0 Å². The van der Waals surface area contributed by atoms with E-state index in [2.05, 4.69) is 15.4 Å². The third-order valence-electron chi connectivity index (χ3n) is 6.77. The number of hydrogen-bond acceptors (Lipinski definition) is 6. The highest BCUT2D eigenvalue weighted by Crippen LogP contribution is 2.34. The summed E-state index contributed by atoms with van der Waals surface area (Å²) in [5, 5.41) is 7.18. The maximum Gasteiger partial charge on any atom is 0.259 e. The van der Waals surface area contributed by atoms with Crippen LogP contribution in [-0.4, -0.2) is 62.8 Å². The van der Waals surface area contributed by atoms with E-state index in [9.17, 15) is 9.18 Å². The molecule has 2 aliphatic rings. The van der Waals surface area contributed by atoms with E-state index in [-0.39, 0.29) is 11.7 Å². The van der Waals surface area contributed by atoms with E-state index in [1.165, 1.54) is 64.4 Å². The summed E-state index contributed by atoms with van der Waals surface area (Å²) in [6.07, 6.45) is 7.32. The van der Waals surface area contributed by atoms with Gasteiger partial charge in [-0.3, -0.25) is 4.79 Å². The fourth-order valence-electron chi connectivity index (χ4n) is 5.16. The number of amides is 1. The largest absolute Gasteiger partial charge is 0.494 e. The molecule has 0 radical (unpaired) electrons. The van der Waals surface area contributed by atoms with Gasteiger partial charge in [0.2, 0.25) is 0 Å². The Hall–Kier alpha value is -2.61. The number of methoxy groups -OCH3 is 1. The van der Waals surface area contributed by atoms with Gasteiger partial charge in [0.15, 0.2) is 23.1 Å². The summed E-state index contributed by atoms with van der Waals surface area (Å²) in [6.45, 7) is 3.04. The number of nitrogens with zero attached hydrogens (tertiary/aromatic N) is 3. The normalized spacial score (nSPS) is 21.1. The molecule has 4 rings (SSSR count). The zero-order valence-corrected chi connectivity index (χ0v) is 19.2. The van der Waals surface area contributed by atoms with Crippen LogP contribution in [0.25, 0.3) is 11.3 Å². The molecular weight excluding hydrogens is 411 g/mol. The van der Waals surface area contributed by atoms with E-state index in [1.54, 1.807) is 11.0 Å². The third kappa shape index (κ3) is 4.60. The third-order valence-corrected chi connectivity index (χ3v) is 6.77. The Balaban J connectivity index is 1.48. The number of benzene rings is 1. The summed E-state index contributed by atoms with van der Waals surface area (Å²) < 4.78 is 24.5. The number of fused-ring (bicyclic) bond motifs is 1. The lowest BCUT2D eigenvalue weighted by Crippen LogP contribution is -2.48. The molecule has 1 aromatic carbocycles. The molecule has 2 atom stereocenters. The van der Waals surface area contributed by atoms with Gasteiger partial charge in [0.25, 0.3) is 5.91 Å². The number of carbonyl (C=O) groups excluding carboxylic acids is 1. The van der Waals surface area contributed by atoms with Crippen molar-refractivity contribution >= 4 is 11.7 Å². The molecule has 0 aliphatic carbocycles. The highest BCUT2D eigenvalue weighted by molar-refractivity contribution is 6.04. The predicted molar refractivity (Wildman–Crippen MR) is 122 cm³/mol. The Morgan fingerprint density at radius 1 is 1.28 bits per heavy atom. The number of aromatic nitrogens is 1. The monoisotopic (exact) mass is 444 g/mol. The Morgan fingerprint density at radius 3 is 2.88 bits per heavy atom. The highest BCUT2D eigenvalue weighted by atomic mass is 19.1. The van der Waals surface area contributed by atoms with Crippen LogP contribution in [0.4, 0.5) is 10.2 Å². The van der Waals surface area contributed by atoms with Gasteiger partial charge in [0.05, 0.1) is 7.11 Å². The van der Waals surface area contributed by atoms with Crippen LogP contribution in [-0.2, 0) is 0 Å². The minimum atomic E-state index is -0.473. The Bertz CT molecular complexity index is 943. The highest BCUT2D eigenvalue weighted by Gasteiger charge is 2.33. The van der Waals surface area contributed by atoms with Gasteiger partial charge in [-0.15, -0.1) is 0 Å². The first-order chi connectivity index (χ1) is 15.5. The Labute approximate surface area is 188 Å². The lowest BCUT2D eigenvalue weighted by Gasteiger charge is -2.44. The summed E-state index contributed by atoms with van der Waals surface area (Å²) in [4.78, 5) is 17.6. The molecule has 2 aromatic rings. The fourth-order valence-corrected chi connectivity index (χ4v) is 5.16. The van der Waals surface area contributed by atoms with Gasteiger partial charge < -0.3 is 24.4 Å². The van der Waals surface area contributed by atoms with Crippen molar-refractivity contribution in [2.45, 2.75) is 44.6 Å². The molecule has 1 amide bonds. The number of carbonyl (C=O) groups is 1. The van der Waals surface area contributed by atoms with Crippen LogP contribution in [0, 0.1) is 11.7 Å². The van der Waals surface area contributed by atoms with Gasteiger partial charge in [-0.2, -0.15) is 0 Å². The summed E-state index contributed by atoms with van der Waals surface area (Å²) in [5.41, 5.74) is 0.894. The summed E-state index contributed by atoms with van der Waals surface area (Å²) >= 11 is 0. The molecule has 0 bridgehead atoms. The van der Waals surface area contributed by atoms with Crippen LogP contribution >= 0.6 is 0 Å². The molecule has 8 heteroatoms. The number of hydrogen-bond donors (Lipinski definition) is 1. The zero-order valence-electron chi connectivity index (χ0n) is 19.2. The van der Waals surface area contributed by atoms with Gasteiger partial charge >= 0.3 is 0 Å². The lowest BCUT2D eigenvalue weighted by molar-refractivity contribution is 0.0554. The van der Waals surface area contributed by atoms with E-state index < -0.39 is 5.82 Å². The van der Waals surface area contributed by atoms with Gasteiger partial charge in [0, 0.05) is 32.2 Å².